The molecule has 26 heavy (non-hydrogen) atoms. The van der Waals surface area contributed by atoms with Crippen molar-refractivity contribution in [2.24, 2.45) is 10.2 Å². The van der Waals surface area contributed by atoms with Gasteiger partial charge >= 0.3 is 6.03 Å². The van der Waals surface area contributed by atoms with Gasteiger partial charge < -0.3 is 9.97 Å². The van der Waals surface area contributed by atoms with E-state index in [0.717, 1.165) is 32.9 Å². The zero-order valence-corrected chi connectivity index (χ0v) is 13.7. The number of aromatic nitrogens is 2. The number of H-pyrrole nitrogens is 2. The number of urea groups is 1. The lowest BCUT2D eigenvalue weighted by Crippen LogP contribution is -2.28. The van der Waals surface area contributed by atoms with Gasteiger partial charge in [-0.05, 0) is 12.1 Å². The van der Waals surface area contributed by atoms with Gasteiger partial charge in [-0.1, -0.05) is 36.4 Å². The van der Waals surface area contributed by atoms with E-state index in [2.05, 4.69) is 31.0 Å². The first-order valence-corrected chi connectivity index (χ1v) is 8.05. The molecule has 0 aliphatic heterocycles. The van der Waals surface area contributed by atoms with Crippen molar-refractivity contribution in [2.45, 2.75) is 0 Å². The number of para-hydroxylation sites is 2. The maximum atomic E-state index is 11.8. The normalized spacial score (nSPS) is 11.7. The molecule has 4 aromatic rings. The number of rotatable bonds is 4. The van der Waals surface area contributed by atoms with Crippen LogP contribution in [0.4, 0.5) is 4.79 Å². The van der Waals surface area contributed by atoms with Crippen molar-refractivity contribution in [1.29, 1.82) is 0 Å². The molecule has 2 amide bonds. The molecule has 4 rings (SSSR count). The van der Waals surface area contributed by atoms with Crippen LogP contribution in [0.5, 0.6) is 0 Å². The molecule has 0 fully saturated rings. The van der Waals surface area contributed by atoms with Crippen LogP contribution in [0.25, 0.3) is 21.8 Å². The Morgan fingerprint density at radius 1 is 0.769 bits per heavy atom. The maximum Gasteiger partial charge on any atom is 0.355 e. The third-order valence-electron chi connectivity index (χ3n) is 3.98. The van der Waals surface area contributed by atoms with E-state index in [1.807, 2.05) is 60.9 Å². The van der Waals surface area contributed by atoms with Crippen molar-refractivity contribution in [3.05, 3.63) is 72.1 Å². The second kappa shape index (κ2) is 6.94. The SMILES string of the molecule is O=C(N/N=C\c1c[nH]c2ccccc12)N/N=C\c1c[nH]c2ccccc12. The van der Waals surface area contributed by atoms with E-state index in [-0.39, 0.29) is 0 Å². The van der Waals surface area contributed by atoms with Crippen LogP contribution >= 0.6 is 0 Å². The predicted molar refractivity (Wildman–Crippen MR) is 103 cm³/mol. The minimum absolute atomic E-state index is 0.516. The molecule has 128 valence electrons. The maximum absolute atomic E-state index is 11.8. The fraction of sp³-hybridized carbons (Fsp3) is 0. The Hall–Kier alpha value is -3.87. The molecule has 0 atom stereocenters. The van der Waals surface area contributed by atoms with Crippen molar-refractivity contribution < 1.29 is 4.79 Å². The van der Waals surface area contributed by atoms with Gasteiger partial charge in [0.25, 0.3) is 0 Å². The molecule has 4 N–H and O–H groups in total. The average molecular weight is 344 g/mol. The first-order chi connectivity index (χ1) is 12.8. The van der Waals surface area contributed by atoms with Crippen LogP contribution in [0.3, 0.4) is 0 Å². The number of fused-ring (bicyclic) bond motifs is 2. The number of carbonyl (C=O) groups excluding carboxylic acids is 1. The highest BCUT2D eigenvalue weighted by molar-refractivity contribution is 6.00. The van der Waals surface area contributed by atoms with Crippen LogP contribution in [0, 0.1) is 0 Å². The summed E-state index contributed by atoms with van der Waals surface area (Å²) < 4.78 is 0. The quantitative estimate of drug-likeness (QED) is 0.331. The van der Waals surface area contributed by atoms with Gasteiger partial charge in [-0.3, -0.25) is 0 Å². The van der Waals surface area contributed by atoms with Crippen molar-refractivity contribution in [2.75, 3.05) is 0 Å². The summed E-state index contributed by atoms with van der Waals surface area (Å²) in [5.74, 6) is 0. The first-order valence-electron chi connectivity index (χ1n) is 8.05. The summed E-state index contributed by atoms with van der Waals surface area (Å²) in [6.45, 7) is 0. The van der Waals surface area contributed by atoms with Crippen LogP contribution in [0.1, 0.15) is 11.1 Å². The molecule has 0 unspecified atom stereocenters. The summed E-state index contributed by atoms with van der Waals surface area (Å²) in [4.78, 5) is 18.1. The highest BCUT2D eigenvalue weighted by Crippen LogP contribution is 2.16. The Balaban J connectivity index is 1.35. The zero-order chi connectivity index (χ0) is 17.8. The Morgan fingerprint density at radius 3 is 1.73 bits per heavy atom. The zero-order valence-electron chi connectivity index (χ0n) is 13.7. The number of hydrazone groups is 2. The van der Waals surface area contributed by atoms with Crippen LogP contribution in [-0.4, -0.2) is 28.4 Å². The van der Waals surface area contributed by atoms with E-state index in [9.17, 15) is 4.79 Å². The van der Waals surface area contributed by atoms with E-state index in [1.54, 1.807) is 12.4 Å². The number of aromatic amines is 2. The third-order valence-corrected chi connectivity index (χ3v) is 3.98. The Morgan fingerprint density at radius 2 is 1.23 bits per heavy atom. The fourth-order valence-corrected chi connectivity index (χ4v) is 2.75. The Labute approximate surface area is 148 Å². The molecule has 0 saturated carbocycles. The molecule has 0 aliphatic carbocycles. The third kappa shape index (κ3) is 3.18. The molecule has 0 radical (unpaired) electrons. The molecular weight excluding hydrogens is 328 g/mol. The number of carbonyl (C=O) groups is 1. The van der Waals surface area contributed by atoms with Gasteiger partial charge in [0.15, 0.2) is 0 Å². The highest BCUT2D eigenvalue weighted by atomic mass is 16.2. The van der Waals surface area contributed by atoms with Gasteiger partial charge in [-0.15, -0.1) is 0 Å². The lowest BCUT2D eigenvalue weighted by Gasteiger charge is -1.97. The second-order valence-corrected chi connectivity index (χ2v) is 5.65. The minimum Gasteiger partial charge on any atom is -0.361 e. The number of benzene rings is 2. The summed E-state index contributed by atoms with van der Waals surface area (Å²) in [5.41, 5.74) is 8.59. The molecule has 7 heteroatoms. The number of hydrogen-bond acceptors (Lipinski definition) is 3. The van der Waals surface area contributed by atoms with E-state index in [4.69, 9.17) is 0 Å². The smallest absolute Gasteiger partial charge is 0.355 e. The van der Waals surface area contributed by atoms with E-state index < -0.39 is 6.03 Å². The van der Waals surface area contributed by atoms with Crippen molar-refractivity contribution in [1.82, 2.24) is 20.8 Å². The summed E-state index contributed by atoms with van der Waals surface area (Å²) in [5, 5.41) is 9.96. The number of amides is 2. The lowest BCUT2D eigenvalue weighted by molar-refractivity contribution is 0.242. The van der Waals surface area contributed by atoms with Crippen LogP contribution in [0.2, 0.25) is 0 Å². The molecule has 0 bridgehead atoms. The molecule has 0 saturated heterocycles. The monoisotopic (exact) mass is 344 g/mol. The molecule has 7 nitrogen and oxygen atoms in total. The van der Waals surface area contributed by atoms with Crippen LogP contribution < -0.4 is 10.9 Å². The lowest BCUT2D eigenvalue weighted by atomic mass is 10.2. The van der Waals surface area contributed by atoms with Gasteiger partial charge in [0.1, 0.15) is 0 Å². The summed E-state index contributed by atoms with van der Waals surface area (Å²) in [6, 6.07) is 15.2. The van der Waals surface area contributed by atoms with Gasteiger partial charge in [-0.25, -0.2) is 15.6 Å². The molecule has 2 aromatic heterocycles. The highest BCUT2D eigenvalue weighted by Gasteiger charge is 2.01. The van der Waals surface area contributed by atoms with Gasteiger partial charge in [0.2, 0.25) is 0 Å². The Bertz CT molecular complexity index is 1030. The molecule has 0 spiro atoms. The van der Waals surface area contributed by atoms with E-state index >= 15 is 0 Å². The molecule has 0 aliphatic rings. The topological polar surface area (TPSA) is 97.4 Å². The standard InChI is InChI=1S/C19H16N6O/c26-19(24-22-11-13-9-20-17-7-3-1-5-15(13)17)25-23-12-14-10-21-18-8-4-2-6-16(14)18/h1-12,20-21H,(H2,24,25,26)/b22-11-,23-12-. The van der Waals surface area contributed by atoms with Crippen LogP contribution in [0.15, 0.2) is 71.1 Å². The average Bonchev–Trinajstić information content (AvgIpc) is 3.27. The van der Waals surface area contributed by atoms with Crippen LogP contribution in [-0.2, 0) is 0 Å². The minimum atomic E-state index is -0.516. The van der Waals surface area contributed by atoms with Gasteiger partial charge in [0, 0.05) is 45.3 Å². The second-order valence-electron chi connectivity index (χ2n) is 5.65. The largest absolute Gasteiger partial charge is 0.361 e. The summed E-state index contributed by atoms with van der Waals surface area (Å²) >= 11 is 0. The van der Waals surface area contributed by atoms with Gasteiger partial charge in [0.05, 0.1) is 12.4 Å². The van der Waals surface area contributed by atoms with Gasteiger partial charge in [-0.2, -0.15) is 10.2 Å². The van der Waals surface area contributed by atoms with Crippen molar-refractivity contribution >= 4 is 40.3 Å². The van der Waals surface area contributed by atoms with Crippen molar-refractivity contribution in [3.63, 3.8) is 0 Å². The molecule has 2 heterocycles. The number of nitrogens with one attached hydrogen (secondary N) is 4. The first kappa shape index (κ1) is 15.6. The summed E-state index contributed by atoms with van der Waals surface area (Å²) in [6.07, 6.45) is 6.84. The molecular formula is C19H16N6O. The number of hydrogen-bond donors (Lipinski definition) is 4. The summed E-state index contributed by atoms with van der Waals surface area (Å²) in [7, 11) is 0. The Kier molecular flexibility index (Phi) is 4.17. The van der Waals surface area contributed by atoms with E-state index in [0.29, 0.717) is 0 Å². The number of nitrogens with zero attached hydrogens (tertiary/aromatic N) is 2. The predicted octanol–water partition coefficient (Wildman–Crippen LogP) is 3.32. The van der Waals surface area contributed by atoms with E-state index in [1.165, 1.54) is 0 Å². The fourth-order valence-electron chi connectivity index (χ4n) is 2.75. The molecule has 2 aromatic carbocycles. The van der Waals surface area contributed by atoms with Crippen molar-refractivity contribution in [3.8, 4) is 0 Å².